The summed E-state index contributed by atoms with van der Waals surface area (Å²) < 4.78 is 62.8. The number of halogens is 2. The first-order valence-corrected chi connectivity index (χ1v) is 12.6. The molecule has 1 aliphatic rings. The van der Waals surface area contributed by atoms with Gasteiger partial charge in [-0.05, 0) is 48.7 Å². The van der Waals surface area contributed by atoms with Gasteiger partial charge in [0.1, 0.15) is 5.82 Å². The average molecular weight is 460 g/mol. The molecular formula is C19H19ClFNO5S2. The van der Waals surface area contributed by atoms with Gasteiger partial charge < -0.3 is 5.32 Å². The van der Waals surface area contributed by atoms with Crippen molar-refractivity contribution in [2.75, 3.05) is 18.1 Å². The van der Waals surface area contributed by atoms with Gasteiger partial charge in [0, 0.05) is 11.6 Å². The molecule has 1 amide bonds. The third-order valence-corrected chi connectivity index (χ3v) is 9.17. The Labute approximate surface area is 173 Å². The Morgan fingerprint density at radius 2 is 1.86 bits per heavy atom. The van der Waals surface area contributed by atoms with E-state index in [0.717, 1.165) is 23.8 Å². The Morgan fingerprint density at radius 3 is 2.48 bits per heavy atom. The third-order valence-electron chi connectivity index (χ3n) is 4.75. The standard InChI is InChI=1S/C19H19ClFNO5S2/c20-14-3-1-13(2-4-14)7-9-22-19(23)17-11-15(5-6-18(17)21)29(26,27)16-8-10-28(24,25)12-16/h1-6,11,16H,7-10,12H2,(H,22,23). The minimum Gasteiger partial charge on any atom is -0.352 e. The first kappa shape index (κ1) is 21.7. The Morgan fingerprint density at radius 1 is 1.17 bits per heavy atom. The summed E-state index contributed by atoms with van der Waals surface area (Å²) in [6, 6.07) is 9.97. The molecule has 1 aliphatic heterocycles. The van der Waals surface area contributed by atoms with Gasteiger partial charge in [0.2, 0.25) is 0 Å². The van der Waals surface area contributed by atoms with Crippen molar-refractivity contribution >= 4 is 37.2 Å². The SMILES string of the molecule is O=C(NCCc1ccc(Cl)cc1)c1cc(S(=O)(=O)C2CCS(=O)(=O)C2)ccc1F. The molecule has 156 valence electrons. The van der Waals surface area contributed by atoms with Gasteiger partial charge in [-0.1, -0.05) is 23.7 Å². The van der Waals surface area contributed by atoms with Gasteiger partial charge in [-0.3, -0.25) is 4.79 Å². The third kappa shape index (κ3) is 5.15. The Kier molecular flexibility index (Phi) is 6.30. The van der Waals surface area contributed by atoms with Crippen LogP contribution in [0.5, 0.6) is 0 Å². The van der Waals surface area contributed by atoms with Crippen molar-refractivity contribution in [1.82, 2.24) is 5.32 Å². The summed E-state index contributed by atoms with van der Waals surface area (Å²) in [4.78, 5) is 12.1. The molecule has 0 aliphatic carbocycles. The van der Waals surface area contributed by atoms with Crippen LogP contribution in [0.2, 0.25) is 5.02 Å². The number of nitrogens with one attached hydrogen (secondary N) is 1. The molecule has 1 N–H and O–H groups in total. The van der Waals surface area contributed by atoms with Crippen LogP contribution < -0.4 is 5.32 Å². The topological polar surface area (TPSA) is 97.4 Å². The van der Waals surface area contributed by atoms with Gasteiger partial charge in [-0.2, -0.15) is 0 Å². The number of hydrogen-bond donors (Lipinski definition) is 1. The molecule has 1 unspecified atom stereocenters. The lowest BCUT2D eigenvalue weighted by molar-refractivity contribution is 0.0950. The molecule has 0 radical (unpaired) electrons. The minimum atomic E-state index is -3.99. The van der Waals surface area contributed by atoms with E-state index in [4.69, 9.17) is 11.6 Å². The normalized spacial score (nSPS) is 18.5. The largest absolute Gasteiger partial charge is 0.352 e. The fourth-order valence-electron chi connectivity index (χ4n) is 3.12. The van der Waals surface area contributed by atoms with E-state index in [9.17, 15) is 26.0 Å². The number of carbonyl (C=O) groups is 1. The molecule has 0 bridgehead atoms. The van der Waals surface area contributed by atoms with E-state index in [1.165, 1.54) is 0 Å². The molecule has 3 rings (SSSR count). The summed E-state index contributed by atoms with van der Waals surface area (Å²) >= 11 is 5.81. The molecule has 1 atom stereocenters. The summed E-state index contributed by atoms with van der Waals surface area (Å²) in [5, 5.41) is 2.07. The zero-order valence-electron chi connectivity index (χ0n) is 15.3. The molecule has 0 saturated carbocycles. The molecule has 0 aromatic heterocycles. The van der Waals surface area contributed by atoms with Crippen LogP contribution in [0, 0.1) is 5.82 Å². The fraction of sp³-hybridized carbons (Fsp3) is 0.316. The highest BCUT2D eigenvalue weighted by Crippen LogP contribution is 2.26. The van der Waals surface area contributed by atoms with Crippen LogP contribution in [0.4, 0.5) is 4.39 Å². The Bertz CT molecular complexity index is 1130. The second-order valence-corrected chi connectivity index (χ2v) is 11.7. The molecule has 1 heterocycles. The summed E-state index contributed by atoms with van der Waals surface area (Å²) in [5.74, 6) is -2.26. The maximum atomic E-state index is 14.1. The van der Waals surface area contributed by atoms with Crippen molar-refractivity contribution < 1.29 is 26.0 Å². The number of hydrogen-bond acceptors (Lipinski definition) is 5. The van der Waals surface area contributed by atoms with Gasteiger partial charge in [-0.25, -0.2) is 21.2 Å². The van der Waals surface area contributed by atoms with Gasteiger partial charge in [0.25, 0.3) is 5.91 Å². The quantitative estimate of drug-likeness (QED) is 0.669. The summed E-state index contributed by atoms with van der Waals surface area (Å²) in [6.07, 6.45) is 0.479. The van der Waals surface area contributed by atoms with E-state index in [1.807, 2.05) is 0 Å². The second kappa shape index (κ2) is 8.41. The maximum absolute atomic E-state index is 14.1. The van der Waals surface area contributed by atoms with Crippen molar-refractivity contribution in [2.45, 2.75) is 23.0 Å². The van der Waals surface area contributed by atoms with Crippen LogP contribution in [0.1, 0.15) is 22.3 Å². The predicted octanol–water partition coefficient (Wildman–Crippen LogP) is 2.41. The van der Waals surface area contributed by atoms with Crippen LogP contribution in [-0.4, -0.2) is 46.0 Å². The maximum Gasteiger partial charge on any atom is 0.254 e. The zero-order chi connectivity index (χ0) is 21.2. The average Bonchev–Trinajstić information content (AvgIpc) is 3.04. The molecule has 2 aromatic carbocycles. The lowest BCUT2D eigenvalue weighted by Crippen LogP contribution is -2.27. The number of amides is 1. The molecule has 6 nitrogen and oxygen atoms in total. The second-order valence-electron chi connectivity index (χ2n) is 6.84. The van der Waals surface area contributed by atoms with E-state index in [2.05, 4.69) is 5.32 Å². The lowest BCUT2D eigenvalue weighted by atomic mass is 10.1. The van der Waals surface area contributed by atoms with E-state index < -0.39 is 48.0 Å². The molecule has 10 heteroatoms. The van der Waals surface area contributed by atoms with Crippen LogP contribution in [0.15, 0.2) is 47.4 Å². The first-order chi connectivity index (χ1) is 13.6. The van der Waals surface area contributed by atoms with E-state index >= 15 is 0 Å². The van der Waals surface area contributed by atoms with Gasteiger partial charge in [0.15, 0.2) is 19.7 Å². The summed E-state index contributed by atoms with van der Waals surface area (Å²) in [7, 11) is -7.39. The highest BCUT2D eigenvalue weighted by atomic mass is 35.5. The first-order valence-electron chi connectivity index (χ1n) is 8.85. The van der Waals surface area contributed by atoms with Crippen LogP contribution in [0.25, 0.3) is 0 Å². The van der Waals surface area contributed by atoms with E-state index in [-0.39, 0.29) is 23.6 Å². The molecule has 29 heavy (non-hydrogen) atoms. The lowest BCUT2D eigenvalue weighted by Gasteiger charge is -2.12. The smallest absolute Gasteiger partial charge is 0.254 e. The van der Waals surface area contributed by atoms with Crippen molar-refractivity contribution in [2.24, 2.45) is 0 Å². The summed E-state index contributed by atoms with van der Waals surface area (Å²) in [6.45, 7) is 0.220. The van der Waals surface area contributed by atoms with Crippen molar-refractivity contribution in [3.05, 3.63) is 64.4 Å². The van der Waals surface area contributed by atoms with E-state index in [0.29, 0.717) is 11.4 Å². The summed E-state index contributed by atoms with van der Waals surface area (Å²) in [5.41, 5.74) is 0.525. The van der Waals surface area contributed by atoms with Gasteiger partial charge >= 0.3 is 0 Å². The number of sulfone groups is 2. The number of benzene rings is 2. The molecule has 1 saturated heterocycles. The molecule has 1 fully saturated rings. The van der Waals surface area contributed by atoms with Crippen molar-refractivity contribution in [3.63, 3.8) is 0 Å². The van der Waals surface area contributed by atoms with Crippen LogP contribution in [-0.2, 0) is 26.1 Å². The monoisotopic (exact) mass is 459 g/mol. The highest BCUT2D eigenvalue weighted by molar-refractivity contribution is 7.96. The van der Waals surface area contributed by atoms with Crippen LogP contribution in [0.3, 0.4) is 0 Å². The Hall–Kier alpha value is -1.97. The Balaban J connectivity index is 1.72. The molecular weight excluding hydrogens is 441 g/mol. The van der Waals surface area contributed by atoms with Crippen molar-refractivity contribution in [1.29, 1.82) is 0 Å². The highest BCUT2D eigenvalue weighted by Gasteiger charge is 2.38. The number of carbonyl (C=O) groups excluding carboxylic acids is 1. The van der Waals surface area contributed by atoms with Gasteiger partial charge in [-0.15, -0.1) is 0 Å². The van der Waals surface area contributed by atoms with E-state index in [1.54, 1.807) is 24.3 Å². The predicted molar refractivity (Wildman–Crippen MR) is 108 cm³/mol. The zero-order valence-corrected chi connectivity index (χ0v) is 17.7. The minimum absolute atomic E-state index is 0.00926. The fourth-order valence-corrected chi connectivity index (χ4v) is 7.63. The van der Waals surface area contributed by atoms with Gasteiger partial charge in [0.05, 0.1) is 27.2 Å². The van der Waals surface area contributed by atoms with Crippen LogP contribution >= 0.6 is 11.6 Å². The van der Waals surface area contributed by atoms with Crippen molar-refractivity contribution in [3.8, 4) is 0 Å². The molecule has 2 aromatic rings. The molecule has 0 spiro atoms. The number of rotatable bonds is 6.